The average molecular weight is 361 g/mol. The first-order chi connectivity index (χ1) is 12.6. The summed E-state index contributed by atoms with van der Waals surface area (Å²) in [4.78, 5) is 23.1. The van der Waals surface area contributed by atoms with E-state index in [4.69, 9.17) is 14.7 Å². The number of amides is 3. The first kappa shape index (κ1) is 19.3. The molecule has 2 heterocycles. The number of hydrogen-bond acceptors (Lipinski definition) is 5. The molecule has 140 valence electrons. The van der Waals surface area contributed by atoms with Gasteiger partial charge in [0.2, 0.25) is 12.7 Å². The minimum absolute atomic E-state index is 0.102. The monoisotopic (exact) mass is 361 g/mol. The van der Waals surface area contributed by atoms with Crippen LogP contribution in [0.3, 0.4) is 0 Å². The van der Waals surface area contributed by atoms with Gasteiger partial charge in [-0.05, 0) is 37.0 Å². The number of hydroxylamine groups is 1. The second-order valence-electron chi connectivity index (χ2n) is 5.69. The SMILES string of the molecule is NC(=O)NO.O=C(C=CC=Cc1ccc2c(c1)OCO2)N1CCCCC1. The summed E-state index contributed by atoms with van der Waals surface area (Å²) < 4.78 is 10.6. The number of urea groups is 1. The Hall–Kier alpha value is -3.00. The lowest BCUT2D eigenvalue weighted by atomic mass is 10.1. The van der Waals surface area contributed by atoms with Crippen molar-refractivity contribution in [2.24, 2.45) is 5.73 Å². The number of nitrogens with zero attached hydrogens (tertiary/aromatic N) is 1. The lowest BCUT2D eigenvalue weighted by Gasteiger charge is -2.25. The van der Waals surface area contributed by atoms with Crippen LogP contribution in [0.4, 0.5) is 4.79 Å². The molecule has 1 aromatic rings. The van der Waals surface area contributed by atoms with E-state index in [9.17, 15) is 9.59 Å². The first-order valence-electron chi connectivity index (χ1n) is 8.33. The van der Waals surface area contributed by atoms with Crippen LogP contribution < -0.4 is 20.7 Å². The highest BCUT2D eigenvalue weighted by molar-refractivity contribution is 5.88. The van der Waals surface area contributed by atoms with E-state index in [-0.39, 0.29) is 12.7 Å². The second kappa shape index (κ2) is 10.1. The highest BCUT2D eigenvalue weighted by Crippen LogP contribution is 2.32. The summed E-state index contributed by atoms with van der Waals surface area (Å²) >= 11 is 0. The van der Waals surface area contributed by atoms with Crippen molar-refractivity contribution in [3.05, 3.63) is 42.0 Å². The number of allylic oxidation sites excluding steroid dienone is 2. The third-order valence-corrected chi connectivity index (χ3v) is 3.81. The van der Waals surface area contributed by atoms with Crippen molar-refractivity contribution in [2.75, 3.05) is 19.9 Å². The highest BCUT2D eigenvalue weighted by atomic mass is 16.7. The van der Waals surface area contributed by atoms with E-state index < -0.39 is 6.03 Å². The fourth-order valence-electron chi connectivity index (χ4n) is 2.54. The van der Waals surface area contributed by atoms with Gasteiger partial charge in [-0.1, -0.05) is 24.3 Å². The zero-order valence-corrected chi connectivity index (χ0v) is 14.4. The van der Waals surface area contributed by atoms with Gasteiger partial charge in [0.25, 0.3) is 0 Å². The van der Waals surface area contributed by atoms with Crippen molar-refractivity contribution < 1.29 is 24.3 Å². The lowest BCUT2D eigenvalue weighted by Crippen LogP contribution is -2.34. The third-order valence-electron chi connectivity index (χ3n) is 3.81. The topological polar surface area (TPSA) is 114 Å². The zero-order valence-electron chi connectivity index (χ0n) is 14.4. The lowest BCUT2D eigenvalue weighted by molar-refractivity contribution is -0.126. The molecule has 0 atom stereocenters. The maximum Gasteiger partial charge on any atom is 0.335 e. The molecule has 8 nitrogen and oxygen atoms in total. The van der Waals surface area contributed by atoms with Crippen molar-refractivity contribution in [3.8, 4) is 11.5 Å². The van der Waals surface area contributed by atoms with Crippen molar-refractivity contribution in [2.45, 2.75) is 19.3 Å². The highest BCUT2D eigenvalue weighted by Gasteiger charge is 2.13. The van der Waals surface area contributed by atoms with Crippen LogP contribution in [0.5, 0.6) is 11.5 Å². The Morgan fingerprint density at radius 1 is 1.12 bits per heavy atom. The van der Waals surface area contributed by atoms with E-state index in [1.807, 2.05) is 35.3 Å². The Morgan fingerprint density at radius 2 is 1.81 bits per heavy atom. The van der Waals surface area contributed by atoms with Gasteiger partial charge >= 0.3 is 6.03 Å². The number of ether oxygens (including phenoxy) is 2. The smallest absolute Gasteiger partial charge is 0.335 e. The Morgan fingerprint density at radius 3 is 2.50 bits per heavy atom. The molecule has 3 amide bonds. The van der Waals surface area contributed by atoms with Gasteiger partial charge in [0.15, 0.2) is 11.5 Å². The minimum Gasteiger partial charge on any atom is -0.454 e. The van der Waals surface area contributed by atoms with Crippen LogP contribution in [0, 0.1) is 0 Å². The number of likely N-dealkylation sites (tertiary alicyclic amines) is 1. The molecule has 0 bridgehead atoms. The van der Waals surface area contributed by atoms with E-state index >= 15 is 0 Å². The third kappa shape index (κ3) is 6.14. The quantitative estimate of drug-likeness (QED) is 0.330. The van der Waals surface area contributed by atoms with Gasteiger partial charge in [-0.15, -0.1) is 0 Å². The average Bonchev–Trinajstić information content (AvgIpc) is 3.14. The molecule has 1 aromatic carbocycles. The summed E-state index contributed by atoms with van der Waals surface area (Å²) in [6.45, 7) is 2.05. The number of carbonyl (C=O) groups is 2. The Kier molecular flexibility index (Phi) is 7.50. The molecule has 1 saturated heterocycles. The second-order valence-corrected chi connectivity index (χ2v) is 5.69. The van der Waals surface area contributed by atoms with Gasteiger partial charge in [-0.3, -0.25) is 10.0 Å². The largest absolute Gasteiger partial charge is 0.454 e. The summed E-state index contributed by atoms with van der Waals surface area (Å²) in [7, 11) is 0. The number of nitrogens with one attached hydrogen (secondary N) is 1. The maximum atomic E-state index is 11.9. The molecule has 8 heteroatoms. The molecule has 26 heavy (non-hydrogen) atoms. The van der Waals surface area contributed by atoms with E-state index in [0.29, 0.717) is 0 Å². The van der Waals surface area contributed by atoms with Crippen LogP contribution in [-0.2, 0) is 4.79 Å². The number of carbonyl (C=O) groups excluding carboxylic acids is 2. The van der Waals surface area contributed by atoms with E-state index in [1.165, 1.54) is 11.9 Å². The summed E-state index contributed by atoms with van der Waals surface area (Å²) in [5.74, 6) is 1.65. The molecule has 0 radical (unpaired) electrons. The predicted octanol–water partition coefficient (Wildman–Crippen LogP) is 2.04. The van der Waals surface area contributed by atoms with Crippen molar-refractivity contribution >= 4 is 18.0 Å². The van der Waals surface area contributed by atoms with Crippen LogP contribution in [0.2, 0.25) is 0 Å². The normalized spacial score (nSPS) is 15.7. The zero-order chi connectivity index (χ0) is 18.8. The Labute approximate surface area is 151 Å². The van der Waals surface area contributed by atoms with Crippen LogP contribution in [0.1, 0.15) is 24.8 Å². The van der Waals surface area contributed by atoms with Crippen molar-refractivity contribution in [3.63, 3.8) is 0 Å². The Balaban J connectivity index is 0.000000431. The number of fused-ring (bicyclic) bond motifs is 1. The fourth-order valence-corrected chi connectivity index (χ4v) is 2.54. The molecule has 0 saturated carbocycles. The van der Waals surface area contributed by atoms with Crippen LogP contribution in [0.25, 0.3) is 6.08 Å². The number of benzene rings is 1. The van der Waals surface area contributed by atoms with Crippen molar-refractivity contribution in [1.29, 1.82) is 0 Å². The number of nitrogens with two attached hydrogens (primary N) is 1. The molecular weight excluding hydrogens is 338 g/mol. The van der Waals surface area contributed by atoms with E-state index in [2.05, 4.69) is 5.73 Å². The Bertz CT molecular complexity index is 681. The van der Waals surface area contributed by atoms with Gasteiger partial charge in [-0.2, -0.15) is 0 Å². The first-order valence-corrected chi connectivity index (χ1v) is 8.33. The number of piperidine rings is 1. The summed E-state index contributed by atoms with van der Waals surface area (Å²) in [5, 5.41) is 7.42. The number of rotatable bonds is 3. The molecule has 0 spiro atoms. The van der Waals surface area contributed by atoms with E-state index in [0.717, 1.165) is 43.0 Å². The van der Waals surface area contributed by atoms with Crippen molar-refractivity contribution in [1.82, 2.24) is 10.4 Å². The molecule has 0 aliphatic carbocycles. The molecule has 4 N–H and O–H groups in total. The minimum atomic E-state index is -0.940. The van der Waals surface area contributed by atoms with Crippen LogP contribution >= 0.6 is 0 Å². The van der Waals surface area contributed by atoms with Gasteiger partial charge < -0.3 is 20.1 Å². The van der Waals surface area contributed by atoms with Gasteiger partial charge in [0.1, 0.15) is 0 Å². The molecular formula is C18H23N3O5. The molecule has 2 aliphatic rings. The molecule has 1 fully saturated rings. The van der Waals surface area contributed by atoms with E-state index in [1.54, 1.807) is 12.2 Å². The summed E-state index contributed by atoms with van der Waals surface area (Å²) in [5.41, 5.74) is 6.48. The van der Waals surface area contributed by atoms with Gasteiger partial charge in [-0.25, -0.2) is 10.3 Å². The standard InChI is InChI=1S/C17H19NO3.CH4N2O2/c19-17(18-10-4-1-5-11-18)7-3-2-6-14-8-9-15-16(12-14)21-13-20-15;2-1(4)3-5/h2-3,6-9,12H,1,4-5,10-11,13H2;5H,(H3,2,3,4). The number of primary amides is 1. The molecule has 0 unspecified atom stereocenters. The maximum absolute atomic E-state index is 11.9. The summed E-state index contributed by atoms with van der Waals surface area (Å²) in [6, 6.07) is 4.85. The summed E-state index contributed by atoms with van der Waals surface area (Å²) in [6.07, 6.45) is 10.7. The predicted molar refractivity (Wildman–Crippen MR) is 95.7 cm³/mol. The fraction of sp³-hybridized carbons (Fsp3) is 0.333. The van der Waals surface area contributed by atoms with Gasteiger partial charge in [0, 0.05) is 19.2 Å². The molecule has 2 aliphatic heterocycles. The van der Waals surface area contributed by atoms with Crippen LogP contribution in [0.15, 0.2) is 36.4 Å². The molecule has 3 rings (SSSR count). The number of hydrogen-bond donors (Lipinski definition) is 3. The molecule has 0 aromatic heterocycles. The van der Waals surface area contributed by atoms with Gasteiger partial charge in [0.05, 0.1) is 0 Å². The van der Waals surface area contributed by atoms with Crippen LogP contribution in [-0.4, -0.2) is 41.9 Å².